The zero-order chi connectivity index (χ0) is 9.97. The van der Waals surface area contributed by atoms with E-state index in [-0.39, 0.29) is 0 Å². The van der Waals surface area contributed by atoms with Gasteiger partial charge >= 0.3 is 0 Å². The Morgan fingerprint density at radius 2 is 2.36 bits per heavy atom. The first-order chi connectivity index (χ1) is 6.81. The predicted molar refractivity (Wildman–Crippen MR) is 54.5 cm³/mol. The normalized spacial score (nSPS) is 13.9. The number of hydrogen-bond acceptors (Lipinski definition) is 3. The van der Waals surface area contributed by atoms with Gasteiger partial charge in [-0.05, 0) is 23.6 Å². The monoisotopic (exact) mass is 213 g/mol. The average Bonchev–Trinajstić information content (AvgIpc) is 2.63. The van der Waals surface area contributed by atoms with E-state index in [0.29, 0.717) is 11.6 Å². The van der Waals surface area contributed by atoms with Crippen molar-refractivity contribution in [3.8, 4) is 5.75 Å². The molecule has 0 spiro atoms. The maximum absolute atomic E-state index is 6.06. The van der Waals surface area contributed by atoms with E-state index in [1.165, 1.54) is 5.56 Å². The van der Waals surface area contributed by atoms with Crippen molar-refractivity contribution in [2.45, 2.75) is 12.8 Å². The van der Waals surface area contributed by atoms with Crippen molar-refractivity contribution in [3.63, 3.8) is 0 Å². The number of fused-ring (bicyclic) bond motifs is 1. The maximum Gasteiger partial charge on any atom is 0.141 e. The average molecular weight is 214 g/mol. The van der Waals surface area contributed by atoms with E-state index in [0.717, 1.165) is 30.8 Å². The highest BCUT2D eigenvalue weighted by atomic mass is 35.5. The highest BCUT2D eigenvalue weighted by Crippen LogP contribution is 2.34. The minimum Gasteiger partial charge on any atom is -0.491 e. The summed E-state index contributed by atoms with van der Waals surface area (Å²) in [6.45, 7) is 1.24. The second kappa shape index (κ2) is 4.17. The molecule has 0 aromatic heterocycles. The van der Waals surface area contributed by atoms with E-state index in [1.807, 2.05) is 6.07 Å². The fraction of sp³-hybridized carbons (Fsp3) is 0.400. The molecule has 1 aliphatic heterocycles. The van der Waals surface area contributed by atoms with Gasteiger partial charge < -0.3 is 9.57 Å². The molecular formula is C10H12ClNO2. The Bertz CT molecular complexity index is 341. The first kappa shape index (κ1) is 9.77. The van der Waals surface area contributed by atoms with Gasteiger partial charge in [0, 0.05) is 6.42 Å². The Balaban J connectivity index is 2.23. The first-order valence-corrected chi connectivity index (χ1v) is 4.95. The molecule has 0 fully saturated rings. The molecule has 0 unspecified atom stereocenters. The Morgan fingerprint density at radius 3 is 3.14 bits per heavy atom. The van der Waals surface area contributed by atoms with Gasteiger partial charge in [0.1, 0.15) is 5.75 Å². The highest BCUT2D eigenvalue weighted by molar-refractivity contribution is 6.32. The molecule has 1 aliphatic rings. The van der Waals surface area contributed by atoms with Crippen molar-refractivity contribution < 1.29 is 9.57 Å². The van der Waals surface area contributed by atoms with Crippen LogP contribution in [0.5, 0.6) is 5.75 Å². The molecule has 0 saturated carbocycles. The van der Waals surface area contributed by atoms with E-state index in [4.69, 9.17) is 22.2 Å². The van der Waals surface area contributed by atoms with E-state index in [9.17, 15) is 0 Å². The standard InChI is InChI=1S/C10H12ClNO2/c11-9-6-7(1-4-14-12)5-8-2-3-13-10(8)9/h5-6H,1-4,12H2. The van der Waals surface area contributed by atoms with E-state index >= 15 is 0 Å². The van der Waals surface area contributed by atoms with Gasteiger partial charge in [-0.15, -0.1) is 0 Å². The Hall–Kier alpha value is -0.770. The number of ether oxygens (including phenoxy) is 1. The van der Waals surface area contributed by atoms with Crippen LogP contribution in [0.15, 0.2) is 12.1 Å². The van der Waals surface area contributed by atoms with Crippen LogP contribution in [0.4, 0.5) is 0 Å². The van der Waals surface area contributed by atoms with Crippen LogP contribution in [0.2, 0.25) is 5.02 Å². The smallest absolute Gasteiger partial charge is 0.141 e. The molecule has 0 bridgehead atoms. The van der Waals surface area contributed by atoms with Crippen LogP contribution in [0, 0.1) is 0 Å². The second-order valence-corrected chi connectivity index (χ2v) is 3.69. The lowest BCUT2D eigenvalue weighted by Crippen LogP contribution is -2.03. The lowest BCUT2D eigenvalue weighted by atomic mass is 10.1. The van der Waals surface area contributed by atoms with Crippen molar-refractivity contribution in [1.82, 2.24) is 0 Å². The van der Waals surface area contributed by atoms with Crippen LogP contribution in [0.25, 0.3) is 0 Å². The SMILES string of the molecule is NOCCc1cc(Cl)c2c(c1)CCO2. The topological polar surface area (TPSA) is 44.5 Å². The van der Waals surface area contributed by atoms with E-state index in [1.54, 1.807) is 0 Å². The second-order valence-electron chi connectivity index (χ2n) is 3.29. The summed E-state index contributed by atoms with van der Waals surface area (Å²) in [6, 6.07) is 4.01. The van der Waals surface area contributed by atoms with Gasteiger partial charge in [-0.2, -0.15) is 0 Å². The van der Waals surface area contributed by atoms with Crippen LogP contribution in [-0.2, 0) is 17.7 Å². The Kier molecular flexibility index (Phi) is 2.91. The van der Waals surface area contributed by atoms with Gasteiger partial charge in [-0.3, -0.25) is 0 Å². The van der Waals surface area contributed by atoms with Gasteiger partial charge in [0.25, 0.3) is 0 Å². The minimum absolute atomic E-state index is 0.510. The van der Waals surface area contributed by atoms with Gasteiger partial charge in [0.2, 0.25) is 0 Å². The zero-order valence-corrected chi connectivity index (χ0v) is 8.51. The molecule has 4 heteroatoms. The van der Waals surface area contributed by atoms with Crippen molar-refractivity contribution in [2.24, 2.45) is 5.90 Å². The summed E-state index contributed by atoms with van der Waals surface area (Å²) in [5.74, 6) is 5.81. The van der Waals surface area contributed by atoms with Crippen molar-refractivity contribution in [3.05, 3.63) is 28.3 Å². The fourth-order valence-electron chi connectivity index (χ4n) is 1.64. The van der Waals surface area contributed by atoms with Gasteiger partial charge in [0.15, 0.2) is 0 Å². The van der Waals surface area contributed by atoms with Gasteiger partial charge in [-0.25, -0.2) is 5.90 Å². The van der Waals surface area contributed by atoms with Crippen LogP contribution in [-0.4, -0.2) is 13.2 Å². The molecule has 14 heavy (non-hydrogen) atoms. The molecule has 1 aromatic carbocycles. The molecule has 0 atom stereocenters. The number of hydrogen-bond donors (Lipinski definition) is 1. The van der Waals surface area contributed by atoms with E-state index < -0.39 is 0 Å². The summed E-state index contributed by atoms with van der Waals surface area (Å²) in [5, 5.41) is 0.687. The number of nitrogens with two attached hydrogens (primary N) is 1. The molecule has 76 valence electrons. The summed E-state index contributed by atoms with van der Waals surface area (Å²) in [4.78, 5) is 4.53. The Morgan fingerprint density at radius 1 is 1.50 bits per heavy atom. The first-order valence-electron chi connectivity index (χ1n) is 4.57. The maximum atomic E-state index is 6.06. The third-order valence-electron chi connectivity index (χ3n) is 2.31. The van der Waals surface area contributed by atoms with Crippen LogP contribution in [0.1, 0.15) is 11.1 Å². The van der Waals surface area contributed by atoms with Gasteiger partial charge in [-0.1, -0.05) is 17.7 Å². The third-order valence-corrected chi connectivity index (χ3v) is 2.59. The quantitative estimate of drug-likeness (QED) is 0.778. The molecule has 0 radical (unpaired) electrons. The molecule has 3 nitrogen and oxygen atoms in total. The molecule has 1 aromatic rings. The molecule has 0 aliphatic carbocycles. The molecule has 2 rings (SSSR count). The van der Waals surface area contributed by atoms with Crippen LogP contribution < -0.4 is 10.6 Å². The lowest BCUT2D eigenvalue weighted by Gasteiger charge is -2.05. The highest BCUT2D eigenvalue weighted by Gasteiger charge is 2.16. The van der Waals surface area contributed by atoms with Crippen LogP contribution in [0.3, 0.4) is 0 Å². The predicted octanol–water partition coefficient (Wildman–Crippen LogP) is 1.71. The summed E-state index contributed by atoms with van der Waals surface area (Å²) < 4.78 is 5.40. The van der Waals surface area contributed by atoms with Gasteiger partial charge in [0.05, 0.1) is 18.2 Å². The zero-order valence-electron chi connectivity index (χ0n) is 7.75. The Labute approximate surface area is 87.7 Å². The summed E-state index contributed by atoms with van der Waals surface area (Å²) in [6.07, 6.45) is 1.72. The molecule has 0 saturated heterocycles. The summed E-state index contributed by atoms with van der Waals surface area (Å²) >= 11 is 6.06. The summed E-state index contributed by atoms with van der Waals surface area (Å²) in [5.41, 5.74) is 2.33. The lowest BCUT2D eigenvalue weighted by molar-refractivity contribution is 0.141. The summed E-state index contributed by atoms with van der Waals surface area (Å²) in [7, 11) is 0. The molecule has 0 amide bonds. The number of benzene rings is 1. The van der Waals surface area contributed by atoms with Crippen molar-refractivity contribution >= 4 is 11.6 Å². The van der Waals surface area contributed by atoms with Crippen molar-refractivity contribution in [1.29, 1.82) is 0 Å². The minimum atomic E-state index is 0.510. The molecule has 1 heterocycles. The van der Waals surface area contributed by atoms with Crippen LogP contribution >= 0.6 is 11.6 Å². The fourth-order valence-corrected chi connectivity index (χ4v) is 1.96. The van der Waals surface area contributed by atoms with Crippen molar-refractivity contribution in [2.75, 3.05) is 13.2 Å². The molecule has 2 N–H and O–H groups in total. The third kappa shape index (κ3) is 1.85. The number of rotatable bonds is 3. The molecular weight excluding hydrogens is 202 g/mol. The van der Waals surface area contributed by atoms with E-state index in [2.05, 4.69) is 10.9 Å². The largest absolute Gasteiger partial charge is 0.491 e. The number of halogens is 1.